The Hall–Kier alpha value is -0.0800. The number of hydrogen-bond acceptors (Lipinski definition) is 2. The Morgan fingerprint density at radius 1 is 1.25 bits per heavy atom. The lowest BCUT2D eigenvalue weighted by Crippen LogP contribution is -2.37. The monoisotopic (exact) mass is 169 g/mol. The van der Waals surface area contributed by atoms with E-state index in [1.807, 2.05) is 0 Å². The van der Waals surface area contributed by atoms with Crippen LogP contribution in [0.5, 0.6) is 0 Å². The molecule has 2 atom stereocenters. The molecule has 1 aliphatic heterocycles. The van der Waals surface area contributed by atoms with Crippen molar-refractivity contribution in [3.05, 3.63) is 0 Å². The van der Waals surface area contributed by atoms with Gasteiger partial charge in [-0.15, -0.1) is 0 Å². The van der Waals surface area contributed by atoms with Crippen molar-refractivity contribution in [1.82, 2.24) is 5.32 Å². The van der Waals surface area contributed by atoms with Gasteiger partial charge in [0.15, 0.2) is 0 Å². The molecule has 0 spiro atoms. The van der Waals surface area contributed by atoms with Gasteiger partial charge in [0.1, 0.15) is 0 Å². The van der Waals surface area contributed by atoms with Crippen molar-refractivity contribution in [3.8, 4) is 0 Å². The molecule has 0 radical (unpaired) electrons. The second-order valence-corrected chi connectivity index (χ2v) is 5.16. The van der Waals surface area contributed by atoms with Gasteiger partial charge in [-0.2, -0.15) is 0 Å². The SMILES string of the molecule is CC(C)(C)NCC1C2COCC12. The van der Waals surface area contributed by atoms with E-state index in [0.717, 1.165) is 31.0 Å². The summed E-state index contributed by atoms with van der Waals surface area (Å²) in [6.45, 7) is 9.88. The smallest absolute Gasteiger partial charge is 0.0501 e. The van der Waals surface area contributed by atoms with Crippen molar-refractivity contribution in [3.63, 3.8) is 0 Å². The summed E-state index contributed by atoms with van der Waals surface area (Å²) >= 11 is 0. The van der Waals surface area contributed by atoms with Crippen molar-refractivity contribution in [2.45, 2.75) is 26.3 Å². The van der Waals surface area contributed by atoms with Crippen LogP contribution in [0.3, 0.4) is 0 Å². The van der Waals surface area contributed by atoms with Gasteiger partial charge < -0.3 is 10.1 Å². The predicted molar refractivity (Wildman–Crippen MR) is 49.0 cm³/mol. The highest BCUT2D eigenvalue weighted by Crippen LogP contribution is 2.50. The summed E-state index contributed by atoms with van der Waals surface area (Å²) in [5.41, 5.74) is 0.276. The molecule has 2 fully saturated rings. The van der Waals surface area contributed by atoms with Crippen LogP contribution in [0.15, 0.2) is 0 Å². The standard InChI is InChI=1S/C10H19NO/c1-10(2,3)11-4-7-8-5-12-6-9(7)8/h7-9,11H,4-6H2,1-3H3. The summed E-state index contributed by atoms with van der Waals surface area (Å²) in [6.07, 6.45) is 0. The first-order valence-electron chi connectivity index (χ1n) is 4.91. The Morgan fingerprint density at radius 3 is 2.33 bits per heavy atom. The lowest BCUT2D eigenvalue weighted by atomic mass is 10.1. The molecule has 0 amide bonds. The number of ether oxygens (including phenoxy) is 1. The highest BCUT2D eigenvalue weighted by atomic mass is 16.5. The molecule has 1 N–H and O–H groups in total. The third kappa shape index (κ3) is 1.64. The molecular weight excluding hydrogens is 150 g/mol. The summed E-state index contributed by atoms with van der Waals surface area (Å²) in [5, 5.41) is 3.56. The zero-order valence-corrected chi connectivity index (χ0v) is 8.26. The van der Waals surface area contributed by atoms with Gasteiger partial charge in [0.05, 0.1) is 13.2 Å². The average Bonchev–Trinajstić information content (AvgIpc) is 2.41. The Kier molecular flexibility index (Phi) is 1.92. The maximum Gasteiger partial charge on any atom is 0.0501 e. The average molecular weight is 169 g/mol. The normalized spacial score (nSPS) is 39.8. The van der Waals surface area contributed by atoms with Gasteiger partial charge in [-0.1, -0.05) is 0 Å². The molecule has 1 aliphatic carbocycles. The van der Waals surface area contributed by atoms with E-state index < -0.39 is 0 Å². The number of fused-ring (bicyclic) bond motifs is 1. The van der Waals surface area contributed by atoms with Crippen molar-refractivity contribution < 1.29 is 4.74 Å². The third-order valence-electron chi connectivity index (χ3n) is 3.00. The molecule has 2 heteroatoms. The molecule has 2 unspecified atom stereocenters. The first-order valence-corrected chi connectivity index (χ1v) is 4.91. The molecular formula is C10H19NO. The van der Waals surface area contributed by atoms with Gasteiger partial charge in [-0.05, 0) is 45.1 Å². The van der Waals surface area contributed by atoms with E-state index >= 15 is 0 Å². The molecule has 1 saturated carbocycles. The Labute approximate surface area is 74.7 Å². The van der Waals surface area contributed by atoms with E-state index in [2.05, 4.69) is 26.1 Å². The first-order chi connectivity index (χ1) is 5.58. The summed E-state index contributed by atoms with van der Waals surface area (Å²) in [5.74, 6) is 2.69. The van der Waals surface area contributed by atoms with Crippen LogP contribution in [-0.2, 0) is 4.74 Å². The predicted octanol–water partition coefficient (Wildman–Crippen LogP) is 1.27. The number of rotatable bonds is 2. The minimum Gasteiger partial charge on any atom is -0.381 e. The summed E-state index contributed by atoms with van der Waals surface area (Å²) in [7, 11) is 0. The molecule has 1 heterocycles. The minimum atomic E-state index is 0.276. The zero-order valence-electron chi connectivity index (χ0n) is 8.26. The molecule has 2 rings (SSSR count). The maximum absolute atomic E-state index is 5.34. The fourth-order valence-corrected chi connectivity index (χ4v) is 2.09. The molecule has 2 nitrogen and oxygen atoms in total. The van der Waals surface area contributed by atoms with E-state index in [1.165, 1.54) is 6.54 Å². The van der Waals surface area contributed by atoms with E-state index in [4.69, 9.17) is 4.74 Å². The van der Waals surface area contributed by atoms with Crippen LogP contribution >= 0.6 is 0 Å². The van der Waals surface area contributed by atoms with Crippen molar-refractivity contribution in [2.24, 2.45) is 17.8 Å². The molecule has 2 aliphatic rings. The fourth-order valence-electron chi connectivity index (χ4n) is 2.09. The Morgan fingerprint density at radius 2 is 1.83 bits per heavy atom. The van der Waals surface area contributed by atoms with E-state index in [-0.39, 0.29) is 5.54 Å². The van der Waals surface area contributed by atoms with Gasteiger partial charge in [-0.3, -0.25) is 0 Å². The molecule has 1 saturated heterocycles. The second-order valence-electron chi connectivity index (χ2n) is 5.16. The van der Waals surface area contributed by atoms with Crippen molar-refractivity contribution in [1.29, 1.82) is 0 Å². The van der Waals surface area contributed by atoms with Crippen LogP contribution < -0.4 is 5.32 Å². The Balaban J connectivity index is 1.70. The summed E-state index contributed by atoms with van der Waals surface area (Å²) in [4.78, 5) is 0. The highest BCUT2D eigenvalue weighted by Gasteiger charge is 2.53. The quantitative estimate of drug-likeness (QED) is 0.672. The lowest BCUT2D eigenvalue weighted by Gasteiger charge is -2.21. The van der Waals surface area contributed by atoms with Crippen LogP contribution in [0.1, 0.15) is 20.8 Å². The van der Waals surface area contributed by atoms with E-state index in [1.54, 1.807) is 0 Å². The van der Waals surface area contributed by atoms with Crippen LogP contribution in [-0.4, -0.2) is 25.3 Å². The first kappa shape index (κ1) is 8.52. The molecule has 12 heavy (non-hydrogen) atoms. The third-order valence-corrected chi connectivity index (χ3v) is 3.00. The molecule has 0 aromatic rings. The van der Waals surface area contributed by atoms with E-state index in [0.29, 0.717) is 0 Å². The van der Waals surface area contributed by atoms with Gasteiger partial charge in [-0.25, -0.2) is 0 Å². The van der Waals surface area contributed by atoms with Gasteiger partial charge in [0.2, 0.25) is 0 Å². The summed E-state index contributed by atoms with van der Waals surface area (Å²) in [6, 6.07) is 0. The lowest BCUT2D eigenvalue weighted by molar-refractivity contribution is 0.149. The molecule has 0 bridgehead atoms. The van der Waals surface area contributed by atoms with E-state index in [9.17, 15) is 0 Å². The van der Waals surface area contributed by atoms with Crippen LogP contribution in [0, 0.1) is 17.8 Å². The topological polar surface area (TPSA) is 21.3 Å². The summed E-state index contributed by atoms with van der Waals surface area (Å²) < 4.78 is 5.34. The van der Waals surface area contributed by atoms with Crippen LogP contribution in [0.25, 0.3) is 0 Å². The van der Waals surface area contributed by atoms with Crippen molar-refractivity contribution in [2.75, 3.05) is 19.8 Å². The second kappa shape index (κ2) is 2.71. The minimum absolute atomic E-state index is 0.276. The maximum atomic E-state index is 5.34. The Bertz CT molecular complexity index is 163. The van der Waals surface area contributed by atoms with Crippen LogP contribution in [0.4, 0.5) is 0 Å². The zero-order chi connectivity index (χ0) is 8.77. The van der Waals surface area contributed by atoms with Crippen molar-refractivity contribution >= 4 is 0 Å². The molecule has 0 aromatic heterocycles. The van der Waals surface area contributed by atoms with Crippen LogP contribution in [0.2, 0.25) is 0 Å². The largest absolute Gasteiger partial charge is 0.381 e. The van der Waals surface area contributed by atoms with Gasteiger partial charge >= 0.3 is 0 Å². The molecule has 0 aromatic carbocycles. The van der Waals surface area contributed by atoms with Gasteiger partial charge in [0, 0.05) is 5.54 Å². The molecule has 70 valence electrons. The highest BCUT2D eigenvalue weighted by molar-refractivity contribution is 5.01. The number of hydrogen-bond donors (Lipinski definition) is 1. The van der Waals surface area contributed by atoms with Gasteiger partial charge in [0.25, 0.3) is 0 Å². The fraction of sp³-hybridized carbons (Fsp3) is 1.00. The number of nitrogens with one attached hydrogen (secondary N) is 1.